The van der Waals surface area contributed by atoms with Gasteiger partial charge in [-0.1, -0.05) is 6.07 Å². The summed E-state index contributed by atoms with van der Waals surface area (Å²) in [6.45, 7) is 3.81. The molecule has 0 unspecified atom stereocenters. The minimum absolute atomic E-state index is 0.308. The topological polar surface area (TPSA) is 86.2 Å². The summed E-state index contributed by atoms with van der Waals surface area (Å²) in [5.74, 6) is -0.541. The van der Waals surface area contributed by atoms with Gasteiger partial charge in [-0.2, -0.15) is 5.10 Å². The van der Waals surface area contributed by atoms with Crippen molar-refractivity contribution >= 4 is 11.6 Å². The van der Waals surface area contributed by atoms with Crippen molar-refractivity contribution in [2.45, 2.75) is 13.8 Å². The molecule has 3 heterocycles. The first-order valence-corrected chi connectivity index (χ1v) is 6.15. The zero-order chi connectivity index (χ0) is 14.3. The van der Waals surface area contributed by atoms with Crippen LogP contribution in [0, 0.1) is 13.8 Å². The highest BCUT2D eigenvalue weighted by atomic mass is 16.1. The number of primary amides is 1. The van der Waals surface area contributed by atoms with Crippen LogP contribution in [0.2, 0.25) is 0 Å². The molecule has 3 aromatic rings. The molecule has 3 rings (SSSR count). The van der Waals surface area contributed by atoms with E-state index in [0.29, 0.717) is 16.9 Å². The molecule has 3 aromatic heterocycles. The fourth-order valence-electron chi connectivity index (χ4n) is 2.10. The molecule has 0 aliphatic heterocycles. The molecular weight excluding hydrogens is 254 g/mol. The SMILES string of the molecule is Cc1cccc(-c2cc(C)n3ncc(C(N)=O)c3n2)n1. The second-order valence-corrected chi connectivity index (χ2v) is 4.60. The Balaban J connectivity index is 2.27. The number of rotatable bonds is 2. The number of aryl methyl sites for hydroxylation is 2. The van der Waals surface area contributed by atoms with Gasteiger partial charge in [0, 0.05) is 11.4 Å². The lowest BCUT2D eigenvalue weighted by atomic mass is 10.2. The van der Waals surface area contributed by atoms with E-state index in [1.54, 1.807) is 4.52 Å². The highest BCUT2D eigenvalue weighted by Crippen LogP contribution is 2.19. The Morgan fingerprint density at radius 3 is 2.70 bits per heavy atom. The maximum atomic E-state index is 11.4. The fraction of sp³-hybridized carbons (Fsp3) is 0.143. The van der Waals surface area contributed by atoms with E-state index in [0.717, 1.165) is 17.1 Å². The number of hydrogen-bond acceptors (Lipinski definition) is 4. The van der Waals surface area contributed by atoms with Crippen LogP contribution in [0.3, 0.4) is 0 Å². The number of nitrogens with two attached hydrogens (primary N) is 1. The fourth-order valence-corrected chi connectivity index (χ4v) is 2.10. The van der Waals surface area contributed by atoms with Crippen LogP contribution in [0.5, 0.6) is 0 Å². The van der Waals surface area contributed by atoms with Crippen molar-refractivity contribution in [3.8, 4) is 11.4 Å². The van der Waals surface area contributed by atoms with Gasteiger partial charge < -0.3 is 5.73 Å². The van der Waals surface area contributed by atoms with Gasteiger partial charge in [-0.05, 0) is 32.0 Å². The summed E-state index contributed by atoms with van der Waals surface area (Å²) in [5.41, 5.74) is 9.32. The highest BCUT2D eigenvalue weighted by Gasteiger charge is 2.14. The standard InChI is InChI=1S/C14H13N5O/c1-8-4-3-5-11(17-8)12-6-9(2)19-14(18-12)10(7-16-19)13(15)20/h3-7H,1-2H3,(H2,15,20). The van der Waals surface area contributed by atoms with Gasteiger partial charge >= 0.3 is 0 Å². The molecule has 100 valence electrons. The van der Waals surface area contributed by atoms with Crippen molar-refractivity contribution in [2.75, 3.05) is 0 Å². The Bertz CT molecular complexity index is 822. The van der Waals surface area contributed by atoms with Crippen LogP contribution < -0.4 is 5.73 Å². The van der Waals surface area contributed by atoms with E-state index < -0.39 is 5.91 Å². The van der Waals surface area contributed by atoms with Crippen LogP contribution >= 0.6 is 0 Å². The smallest absolute Gasteiger partial charge is 0.254 e. The number of pyridine rings is 1. The zero-order valence-electron chi connectivity index (χ0n) is 11.2. The van der Waals surface area contributed by atoms with Gasteiger partial charge in [-0.15, -0.1) is 0 Å². The van der Waals surface area contributed by atoms with E-state index >= 15 is 0 Å². The van der Waals surface area contributed by atoms with Crippen molar-refractivity contribution in [3.63, 3.8) is 0 Å². The highest BCUT2D eigenvalue weighted by molar-refractivity contribution is 5.98. The molecular formula is C14H13N5O. The average molecular weight is 267 g/mol. The average Bonchev–Trinajstić information content (AvgIpc) is 2.83. The monoisotopic (exact) mass is 267 g/mol. The normalized spacial score (nSPS) is 10.9. The predicted molar refractivity (Wildman–Crippen MR) is 74.2 cm³/mol. The van der Waals surface area contributed by atoms with E-state index in [1.165, 1.54) is 6.20 Å². The van der Waals surface area contributed by atoms with Gasteiger partial charge in [-0.25, -0.2) is 9.50 Å². The predicted octanol–water partition coefficient (Wildman–Crippen LogP) is 1.51. The quantitative estimate of drug-likeness (QED) is 0.762. The molecule has 0 radical (unpaired) electrons. The van der Waals surface area contributed by atoms with Crippen molar-refractivity contribution < 1.29 is 4.79 Å². The summed E-state index contributed by atoms with van der Waals surface area (Å²) >= 11 is 0. The third kappa shape index (κ3) is 1.91. The largest absolute Gasteiger partial charge is 0.365 e. The number of fused-ring (bicyclic) bond motifs is 1. The first-order valence-electron chi connectivity index (χ1n) is 6.15. The van der Waals surface area contributed by atoms with Crippen molar-refractivity contribution in [3.05, 3.63) is 47.4 Å². The first kappa shape index (κ1) is 12.3. The minimum Gasteiger partial charge on any atom is -0.365 e. The summed E-state index contributed by atoms with van der Waals surface area (Å²) in [6, 6.07) is 7.60. The minimum atomic E-state index is -0.541. The molecule has 0 saturated heterocycles. The van der Waals surface area contributed by atoms with Gasteiger partial charge in [0.1, 0.15) is 5.56 Å². The van der Waals surface area contributed by atoms with Gasteiger partial charge in [0.05, 0.1) is 17.6 Å². The van der Waals surface area contributed by atoms with Crippen molar-refractivity contribution in [1.82, 2.24) is 19.6 Å². The molecule has 0 saturated carbocycles. The molecule has 0 aromatic carbocycles. The van der Waals surface area contributed by atoms with E-state index in [-0.39, 0.29) is 0 Å². The van der Waals surface area contributed by atoms with E-state index in [9.17, 15) is 4.79 Å². The molecule has 0 atom stereocenters. The maximum Gasteiger partial charge on any atom is 0.254 e. The first-order chi connectivity index (χ1) is 9.56. The van der Waals surface area contributed by atoms with Crippen LogP contribution in [0.1, 0.15) is 21.7 Å². The van der Waals surface area contributed by atoms with Crippen LogP contribution in [0.25, 0.3) is 17.0 Å². The van der Waals surface area contributed by atoms with Gasteiger partial charge in [0.2, 0.25) is 0 Å². The molecule has 0 bridgehead atoms. The molecule has 0 fully saturated rings. The number of nitrogens with zero attached hydrogens (tertiary/aromatic N) is 4. The molecule has 0 aliphatic carbocycles. The lowest BCUT2D eigenvalue weighted by molar-refractivity contribution is 0.100. The van der Waals surface area contributed by atoms with Gasteiger partial charge in [-0.3, -0.25) is 9.78 Å². The molecule has 0 spiro atoms. The third-order valence-corrected chi connectivity index (χ3v) is 3.07. The second-order valence-electron chi connectivity index (χ2n) is 4.60. The number of carbonyl (C=O) groups excluding carboxylic acids is 1. The molecule has 1 amide bonds. The molecule has 0 aliphatic rings. The summed E-state index contributed by atoms with van der Waals surface area (Å²) in [5, 5.41) is 4.12. The van der Waals surface area contributed by atoms with E-state index in [2.05, 4.69) is 15.1 Å². The molecule has 20 heavy (non-hydrogen) atoms. The maximum absolute atomic E-state index is 11.4. The summed E-state index contributed by atoms with van der Waals surface area (Å²) < 4.78 is 1.60. The summed E-state index contributed by atoms with van der Waals surface area (Å²) in [4.78, 5) is 20.3. The van der Waals surface area contributed by atoms with Gasteiger partial charge in [0.15, 0.2) is 5.65 Å². The van der Waals surface area contributed by atoms with Crippen molar-refractivity contribution in [2.24, 2.45) is 5.73 Å². The number of carbonyl (C=O) groups is 1. The Hall–Kier alpha value is -2.76. The lowest BCUT2D eigenvalue weighted by Crippen LogP contribution is -2.11. The molecule has 6 heteroatoms. The Labute approximate surface area is 115 Å². The second kappa shape index (κ2) is 4.41. The Kier molecular flexibility index (Phi) is 2.71. The van der Waals surface area contributed by atoms with E-state index in [4.69, 9.17) is 5.73 Å². The van der Waals surface area contributed by atoms with Gasteiger partial charge in [0.25, 0.3) is 5.91 Å². The van der Waals surface area contributed by atoms with Crippen LogP contribution in [0.4, 0.5) is 0 Å². The number of hydrogen-bond donors (Lipinski definition) is 1. The Morgan fingerprint density at radius 2 is 2.00 bits per heavy atom. The zero-order valence-corrected chi connectivity index (χ0v) is 11.2. The lowest BCUT2D eigenvalue weighted by Gasteiger charge is -2.05. The van der Waals surface area contributed by atoms with Crippen LogP contribution in [-0.2, 0) is 0 Å². The molecule has 2 N–H and O–H groups in total. The number of aromatic nitrogens is 4. The summed E-state index contributed by atoms with van der Waals surface area (Å²) in [6.07, 6.45) is 1.44. The Morgan fingerprint density at radius 1 is 1.20 bits per heavy atom. The summed E-state index contributed by atoms with van der Waals surface area (Å²) in [7, 11) is 0. The third-order valence-electron chi connectivity index (χ3n) is 3.07. The van der Waals surface area contributed by atoms with Crippen LogP contribution in [-0.4, -0.2) is 25.5 Å². The van der Waals surface area contributed by atoms with Crippen molar-refractivity contribution in [1.29, 1.82) is 0 Å². The number of amides is 1. The molecule has 6 nitrogen and oxygen atoms in total. The van der Waals surface area contributed by atoms with Crippen LogP contribution in [0.15, 0.2) is 30.5 Å². The van der Waals surface area contributed by atoms with E-state index in [1.807, 2.05) is 38.1 Å².